The lowest BCUT2D eigenvalue weighted by atomic mass is 10.1. The second-order valence-electron chi connectivity index (χ2n) is 5.81. The van der Waals surface area contributed by atoms with Gasteiger partial charge in [-0.25, -0.2) is 13.1 Å². The molecule has 8 heteroatoms. The fraction of sp³-hybridized carbons (Fsp3) is 0.692. The Morgan fingerprint density at radius 1 is 1.52 bits per heavy atom. The summed E-state index contributed by atoms with van der Waals surface area (Å²) in [5.41, 5.74) is 0.755. The molecule has 1 fully saturated rings. The topological polar surface area (TPSA) is 81.1 Å². The molecule has 0 aromatic carbocycles. The smallest absolute Gasteiger partial charge is 0.239 e. The van der Waals surface area contributed by atoms with Crippen LogP contribution in [0.1, 0.15) is 32.0 Å². The van der Waals surface area contributed by atoms with E-state index in [0.717, 1.165) is 5.69 Å². The minimum Gasteiger partial charge on any atom is -0.310 e. The van der Waals surface area contributed by atoms with Gasteiger partial charge in [-0.2, -0.15) is 5.10 Å². The standard InChI is InChI=1S/C13H20BrN3O3S/c1-8(2)12(14)13(18)15-11-6-9(3)16-17(11)10-4-5-21(19,20)7-10/h6,8,10,12H,4-5,7H2,1-3H3,(H,15,18). The zero-order valence-electron chi connectivity index (χ0n) is 12.3. The van der Waals surface area contributed by atoms with Crippen LogP contribution in [-0.4, -0.2) is 40.4 Å². The molecule has 0 bridgehead atoms. The molecule has 0 radical (unpaired) electrons. The molecule has 1 aliphatic heterocycles. The van der Waals surface area contributed by atoms with E-state index < -0.39 is 9.84 Å². The third-order valence-corrected chi connectivity index (χ3v) is 6.72. The summed E-state index contributed by atoms with van der Waals surface area (Å²) >= 11 is 3.36. The van der Waals surface area contributed by atoms with Crippen molar-refractivity contribution >= 4 is 37.5 Å². The maximum absolute atomic E-state index is 12.1. The molecule has 1 aromatic heterocycles. The average Bonchev–Trinajstić information content (AvgIpc) is 2.90. The summed E-state index contributed by atoms with van der Waals surface area (Å²) in [6.07, 6.45) is 0.536. The number of carbonyl (C=O) groups is 1. The summed E-state index contributed by atoms with van der Waals surface area (Å²) in [5, 5.41) is 7.17. The largest absolute Gasteiger partial charge is 0.310 e. The van der Waals surface area contributed by atoms with Crippen molar-refractivity contribution in [1.82, 2.24) is 9.78 Å². The van der Waals surface area contributed by atoms with E-state index in [4.69, 9.17) is 0 Å². The molecule has 2 rings (SSSR count). The Kier molecular flexibility index (Phi) is 4.77. The van der Waals surface area contributed by atoms with Crippen LogP contribution in [0.2, 0.25) is 0 Å². The molecule has 1 saturated heterocycles. The Hall–Kier alpha value is -0.890. The number of hydrogen-bond acceptors (Lipinski definition) is 4. The summed E-state index contributed by atoms with van der Waals surface area (Å²) in [5.74, 6) is 0.835. The first-order chi connectivity index (χ1) is 9.69. The van der Waals surface area contributed by atoms with E-state index in [1.165, 1.54) is 0 Å². The molecule has 1 amide bonds. The first-order valence-corrected chi connectivity index (χ1v) is 9.65. The molecule has 2 unspecified atom stereocenters. The van der Waals surface area contributed by atoms with Crippen molar-refractivity contribution in [3.05, 3.63) is 11.8 Å². The van der Waals surface area contributed by atoms with Gasteiger partial charge in [0.1, 0.15) is 5.82 Å². The molecule has 21 heavy (non-hydrogen) atoms. The Morgan fingerprint density at radius 3 is 2.71 bits per heavy atom. The number of aryl methyl sites for hydroxylation is 1. The van der Waals surface area contributed by atoms with Gasteiger partial charge in [-0.3, -0.25) is 4.79 Å². The number of halogens is 1. The van der Waals surface area contributed by atoms with Crippen LogP contribution in [0.5, 0.6) is 0 Å². The van der Waals surface area contributed by atoms with Gasteiger partial charge in [-0.15, -0.1) is 0 Å². The third-order valence-electron chi connectivity index (χ3n) is 3.50. The SMILES string of the molecule is Cc1cc(NC(=O)C(Br)C(C)C)n(C2CCS(=O)(=O)C2)n1. The number of rotatable bonds is 4. The highest BCUT2D eigenvalue weighted by molar-refractivity contribution is 9.10. The highest BCUT2D eigenvalue weighted by atomic mass is 79.9. The van der Waals surface area contributed by atoms with Crippen LogP contribution in [0.3, 0.4) is 0 Å². The number of anilines is 1. The van der Waals surface area contributed by atoms with Gasteiger partial charge in [0, 0.05) is 6.07 Å². The third kappa shape index (κ3) is 3.85. The predicted octanol–water partition coefficient (Wildman–Crippen LogP) is 1.91. The van der Waals surface area contributed by atoms with Crippen molar-refractivity contribution < 1.29 is 13.2 Å². The lowest BCUT2D eigenvalue weighted by Crippen LogP contribution is -2.28. The van der Waals surface area contributed by atoms with Gasteiger partial charge in [0.05, 0.1) is 28.1 Å². The van der Waals surface area contributed by atoms with Gasteiger partial charge in [0.25, 0.3) is 0 Å². The van der Waals surface area contributed by atoms with Crippen molar-refractivity contribution in [2.24, 2.45) is 5.92 Å². The highest BCUT2D eigenvalue weighted by Crippen LogP contribution is 2.27. The number of amides is 1. The second-order valence-corrected chi connectivity index (χ2v) is 9.02. The van der Waals surface area contributed by atoms with Crippen molar-refractivity contribution in [3.8, 4) is 0 Å². The number of hydrogen-bond donors (Lipinski definition) is 1. The first kappa shape index (κ1) is 16.5. The fourth-order valence-electron chi connectivity index (χ4n) is 2.35. The number of aromatic nitrogens is 2. The first-order valence-electron chi connectivity index (χ1n) is 6.91. The molecule has 118 valence electrons. The summed E-state index contributed by atoms with van der Waals surface area (Å²) in [6, 6.07) is 1.56. The molecule has 0 spiro atoms. The van der Waals surface area contributed by atoms with Crippen LogP contribution in [0.15, 0.2) is 6.07 Å². The van der Waals surface area contributed by atoms with E-state index in [0.29, 0.717) is 12.2 Å². The van der Waals surface area contributed by atoms with Crippen molar-refractivity contribution in [2.45, 2.75) is 38.1 Å². The maximum Gasteiger partial charge on any atom is 0.239 e. The van der Waals surface area contributed by atoms with E-state index in [2.05, 4.69) is 26.3 Å². The van der Waals surface area contributed by atoms with E-state index in [9.17, 15) is 13.2 Å². The van der Waals surface area contributed by atoms with E-state index >= 15 is 0 Å². The molecule has 0 saturated carbocycles. The van der Waals surface area contributed by atoms with Crippen LogP contribution in [0, 0.1) is 12.8 Å². The average molecular weight is 378 g/mol. The normalized spacial score (nSPS) is 22.4. The molecule has 1 aromatic rings. The van der Waals surface area contributed by atoms with Gasteiger partial charge in [-0.1, -0.05) is 29.8 Å². The lowest BCUT2D eigenvalue weighted by Gasteiger charge is -2.17. The van der Waals surface area contributed by atoms with Gasteiger partial charge in [-0.05, 0) is 19.3 Å². The molecule has 0 aliphatic carbocycles. The van der Waals surface area contributed by atoms with Crippen LogP contribution in [0.4, 0.5) is 5.82 Å². The molecular formula is C13H20BrN3O3S. The summed E-state index contributed by atoms with van der Waals surface area (Å²) in [4.78, 5) is 11.8. The number of carbonyl (C=O) groups excluding carboxylic acids is 1. The van der Waals surface area contributed by atoms with Crippen molar-refractivity contribution in [3.63, 3.8) is 0 Å². The highest BCUT2D eigenvalue weighted by Gasteiger charge is 2.31. The van der Waals surface area contributed by atoms with Crippen molar-refractivity contribution in [2.75, 3.05) is 16.8 Å². The second kappa shape index (κ2) is 6.08. The van der Waals surface area contributed by atoms with Gasteiger partial charge in [0.2, 0.25) is 5.91 Å². The molecule has 6 nitrogen and oxygen atoms in total. The fourth-order valence-corrected chi connectivity index (χ4v) is 4.16. The van der Waals surface area contributed by atoms with Crippen LogP contribution in [0.25, 0.3) is 0 Å². The van der Waals surface area contributed by atoms with Gasteiger partial charge >= 0.3 is 0 Å². The molecule has 1 aliphatic rings. The number of nitrogens with one attached hydrogen (secondary N) is 1. The summed E-state index contributed by atoms with van der Waals surface area (Å²) in [7, 11) is -2.99. The Labute approximate surface area is 133 Å². The minimum absolute atomic E-state index is 0.0823. The lowest BCUT2D eigenvalue weighted by molar-refractivity contribution is -0.116. The molecule has 1 N–H and O–H groups in total. The van der Waals surface area contributed by atoms with E-state index in [1.54, 1.807) is 10.7 Å². The van der Waals surface area contributed by atoms with Crippen LogP contribution in [-0.2, 0) is 14.6 Å². The van der Waals surface area contributed by atoms with Gasteiger partial charge in [0.15, 0.2) is 9.84 Å². The zero-order valence-corrected chi connectivity index (χ0v) is 14.7. The summed E-state index contributed by atoms with van der Waals surface area (Å²) in [6.45, 7) is 5.72. The quantitative estimate of drug-likeness (QED) is 0.812. The Balaban J connectivity index is 2.20. The molecule has 2 atom stereocenters. The number of nitrogens with zero attached hydrogens (tertiary/aromatic N) is 2. The predicted molar refractivity (Wildman–Crippen MR) is 85.5 cm³/mol. The zero-order chi connectivity index (χ0) is 15.8. The minimum atomic E-state index is -2.99. The molecular weight excluding hydrogens is 358 g/mol. The summed E-state index contributed by atoms with van der Waals surface area (Å²) < 4.78 is 24.9. The molecule has 2 heterocycles. The van der Waals surface area contributed by atoms with Crippen LogP contribution >= 0.6 is 15.9 Å². The Morgan fingerprint density at radius 2 is 2.19 bits per heavy atom. The number of alkyl halides is 1. The van der Waals surface area contributed by atoms with E-state index in [1.807, 2.05) is 20.8 Å². The maximum atomic E-state index is 12.1. The van der Waals surface area contributed by atoms with E-state index in [-0.39, 0.29) is 34.2 Å². The van der Waals surface area contributed by atoms with Crippen LogP contribution < -0.4 is 5.32 Å². The number of sulfone groups is 1. The van der Waals surface area contributed by atoms with Crippen molar-refractivity contribution in [1.29, 1.82) is 0 Å². The monoisotopic (exact) mass is 377 g/mol. The van der Waals surface area contributed by atoms with Gasteiger partial charge < -0.3 is 5.32 Å². The Bertz CT molecular complexity index is 639.